The molecule has 0 aromatic carbocycles. The molecule has 0 aromatic heterocycles. The van der Waals surface area contributed by atoms with Crippen molar-refractivity contribution >= 4 is 0 Å². The summed E-state index contributed by atoms with van der Waals surface area (Å²) >= 11 is 0. The first-order valence-electron chi connectivity index (χ1n) is 8.38. The number of ether oxygens (including phenoxy) is 2. The topological polar surface area (TPSA) is 57.2 Å². The SMILES string of the molecule is C=CCOC1CCC(C)(C)[C@@]23C=C[C@@](CC(C)O)(OO2)O[C@@]13C. The van der Waals surface area contributed by atoms with Crippen molar-refractivity contribution in [3.63, 3.8) is 0 Å². The average Bonchev–Trinajstić information content (AvgIpc) is 2.45. The molecule has 1 saturated carbocycles. The monoisotopic (exact) mass is 324 g/mol. The third-order valence-electron chi connectivity index (χ3n) is 5.65. The van der Waals surface area contributed by atoms with E-state index in [9.17, 15) is 5.11 Å². The van der Waals surface area contributed by atoms with Crippen molar-refractivity contribution in [3.05, 3.63) is 24.8 Å². The molecule has 3 aliphatic heterocycles. The molecule has 0 aromatic rings. The lowest BCUT2D eigenvalue weighted by atomic mass is 9.56. The van der Waals surface area contributed by atoms with E-state index >= 15 is 0 Å². The summed E-state index contributed by atoms with van der Waals surface area (Å²) in [6.45, 7) is 12.3. The highest BCUT2D eigenvalue weighted by Gasteiger charge is 2.72. The maximum Gasteiger partial charge on any atom is 0.224 e. The standard InChI is InChI=1S/C18H28O5/c1-6-11-20-14-7-8-15(3,4)18-10-9-17(22-23-18,12-13(2)19)21-16(14,18)5/h6,9-10,13-14,19H,1,7-8,11-12H2,2-5H3/t13?,14?,16-,17-,18+/m0/s1. The second kappa shape index (κ2) is 5.39. The third-order valence-corrected chi connectivity index (χ3v) is 5.65. The number of aliphatic hydroxyl groups is 1. The summed E-state index contributed by atoms with van der Waals surface area (Å²) in [5.74, 6) is -1.06. The molecule has 4 rings (SSSR count). The van der Waals surface area contributed by atoms with Crippen LogP contribution in [-0.4, -0.2) is 40.9 Å². The van der Waals surface area contributed by atoms with E-state index < -0.39 is 23.1 Å². The smallest absolute Gasteiger partial charge is 0.224 e. The van der Waals surface area contributed by atoms with Gasteiger partial charge in [0.25, 0.3) is 0 Å². The van der Waals surface area contributed by atoms with Crippen LogP contribution in [0.25, 0.3) is 0 Å². The van der Waals surface area contributed by atoms with Gasteiger partial charge in [0.15, 0.2) is 5.60 Å². The molecular formula is C18H28O5. The lowest BCUT2D eigenvalue weighted by Crippen LogP contribution is -2.77. The van der Waals surface area contributed by atoms with Gasteiger partial charge in [0.1, 0.15) is 5.60 Å². The molecular weight excluding hydrogens is 296 g/mol. The van der Waals surface area contributed by atoms with Gasteiger partial charge in [0, 0.05) is 11.8 Å². The summed E-state index contributed by atoms with van der Waals surface area (Å²) in [5.41, 5.74) is -1.58. The van der Waals surface area contributed by atoms with Gasteiger partial charge in [-0.2, -0.15) is 4.89 Å². The Morgan fingerprint density at radius 1 is 1.35 bits per heavy atom. The van der Waals surface area contributed by atoms with Gasteiger partial charge in [-0.1, -0.05) is 19.9 Å². The van der Waals surface area contributed by atoms with E-state index in [-0.39, 0.29) is 11.5 Å². The normalized spacial score (nSPS) is 45.5. The van der Waals surface area contributed by atoms with Gasteiger partial charge in [-0.3, -0.25) is 0 Å². The van der Waals surface area contributed by atoms with Crippen LogP contribution in [0.5, 0.6) is 0 Å². The molecule has 1 saturated heterocycles. The fourth-order valence-electron chi connectivity index (χ4n) is 4.42. The van der Waals surface area contributed by atoms with Crippen LogP contribution in [0.4, 0.5) is 0 Å². The van der Waals surface area contributed by atoms with Gasteiger partial charge < -0.3 is 14.6 Å². The predicted molar refractivity (Wildman–Crippen MR) is 85.5 cm³/mol. The summed E-state index contributed by atoms with van der Waals surface area (Å²) in [5, 5.41) is 9.81. The Kier molecular flexibility index (Phi) is 4.01. The van der Waals surface area contributed by atoms with E-state index in [2.05, 4.69) is 26.5 Å². The van der Waals surface area contributed by atoms with Crippen molar-refractivity contribution in [3.8, 4) is 0 Å². The minimum Gasteiger partial charge on any atom is -0.393 e. The van der Waals surface area contributed by atoms with Crippen LogP contribution in [0.2, 0.25) is 0 Å². The van der Waals surface area contributed by atoms with Crippen LogP contribution in [-0.2, 0) is 19.2 Å². The quantitative estimate of drug-likeness (QED) is 0.622. The molecule has 23 heavy (non-hydrogen) atoms. The Morgan fingerprint density at radius 3 is 2.65 bits per heavy atom. The van der Waals surface area contributed by atoms with Crippen molar-refractivity contribution in [2.24, 2.45) is 5.41 Å². The first kappa shape index (κ1) is 17.1. The zero-order valence-electron chi connectivity index (χ0n) is 14.5. The van der Waals surface area contributed by atoms with Crippen LogP contribution < -0.4 is 0 Å². The van der Waals surface area contributed by atoms with Crippen LogP contribution in [0, 0.1) is 5.41 Å². The van der Waals surface area contributed by atoms with Crippen molar-refractivity contribution in [1.29, 1.82) is 0 Å². The summed E-state index contributed by atoms with van der Waals surface area (Å²) in [6.07, 6.45) is 7.12. The Balaban J connectivity index is 2.02. The molecule has 1 aliphatic carbocycles. The fourth-order valence-corrected chi connectivity index (χ4v) is 4.42. The average molecular weight is 324 g/mol. The minimum atomic E-state index is -1.06. The minimum absolute atomic E-state index is 0.129. The van der Waals surface area contributed by atoms with Crippen LogP contribution in [0.15, 0.2) is 24.8 Å². The largest absolute Gasteiger partial charge is 0.393 e. The van der Waals surface area contributed by atoms with Crippen molar-refractivity contribution in [2.45, 2.75) is 76.2 Å². The van der Waals surface area contributed by atoms with Gasteiger partial charge in [0.05, 0.1) is 18.8 Å². The van der Waals surface area contributed by atoms with Crippen LogP contribution >= 0.6 is 0 Å². The molecule has 130 valence electrons. The second-order valence-electron chi connectivity index (χ2n) is 7.84. The molecule has 0 radical (unpaired) electrons. The number of rotatable bonds is 5. The maximum atomic E-state index is 9.81. The van der Waals surface area contributed by atoms with Crippen molar-refractivity contribution < 1.29 is 24.4 Å². The number of hydrogen-bond acceptors (Lipinski definition) is 5. The number of fused-ring (bicyclic) bond motifs is 1. The molecule has 0 amide bonds. The molecule has 2 fully saturated rings. The molecule has 2 bridgehead atoms. The molecule has 5 nitrogen and oxygen atoms in total. The Hall–Kier alpha value is -0.720. The highest BCUT2D eigenvalue weighted by molar-refractivity contribution is 5.30. The predicted octanol–water partition coefficient (Wildman–Crippen LogP) is 2.89. The lowest BCUT2D eigenvalue weighted by molar-refractivity contribution is -0.561. The van der Waals surface area contributed by atoms with Gasteiger partial charge in [0.2, 0.25) is 5.79 Å². The Bertz CT molecular complexity index is 514. The van der Waals surface area contributed by atoms with E-state index in [0.717, 1.165) is 12.8 Å². The molecule has 4 aliphatic rings. The van der Waals surface area contributed by atoms with Gasteiger partial charge in [-0.15, -0.1) is 6.58 Å². The van der Waals surface area contributed by atoms with Crippen LogP contribution in [0.1, 0.15) is 47.0 Å². The van der Waals surface area contributed by atoms with Gasteiger partial charge in [-0.25, -0.2) is 4.89 Å². The molecule has 5 heteroatoms. The number of hydrogen-bond donors (Lipinski definition) is 1. The van der Waals surface area contributed by atoms with Gasteiger partial charge >= 0.3 is 0 Å². The molecule has 3 heterocycles. The van der Waals surface area contributed by atoms with Crippen molar-refractivity contribution in [1.82, 2.24) is 0 Å². The third kappa shape index (κ3) is 2.33. The molecule has 5 atom stereocenters. The Morgan fingerprint density at radius 2 is 2.09 bits per heavy atom. The zero-order chi connectivity index (χ0) is 16.9. The molecule has 1 spiro atoms. The van der Waals surface area contributed by atoms with Gasteiger partial charge in [-0.05, 0) is 38.8 Å². The van der Waals surface area contributed by atoms with E-state index in [4.69, 9.17) is 19.2 Å². The first-order chi connectivity index (χ1) is 10.7. The zero-order valence-corrected chi connectivity index (χ0v) is 14.5. The summed E-state index contributed by atoms with van der Waals surface area (Å²) in [4.78, 5) is 11.6. The molecule has 2 unspecified atom stereocenters. The van der Waals surface area contributed by atoms with Crippen molar-refractivity contribution in [2.75, 3.05) is 6.61 Å². The molecule has 1 N–H and O–H groups in total. The summed E-state index contributed by atoms with van der Waals surface area (Å²) < 4.78 is 12.5. The number of aliphatic hydroxyl groups excluding tert-OH is 1. The summed E-state index contributed by atoms with van der Waals surface area (Å²) in [6, 6.07) is 0. The van der Waals surface area contributed by atoms with E-state index in [1.165, 1.54) is 0 Å². The van der Waals surface area contributed by atoms with Crippen LogP contribution in [0.3, 0.4) is 0 Å². The highest BCUT2D eigenvalue weighted by Crippen LogP contribution is 2.61. The van der Waals surface area contributed by atoms with E-state index in [1.807, 2.05) is 13.0 Å². The van der Waals surface area contributed by atoms with E-state index in [1.54, 1.807) is 13.0 Å². The Labute approximate surface area is 138 Å². The highest BCUT2D eigenvalue weighted by atomic mass is 17.3. The summed E-state index contributed by atoms with van der Waals surface area (Å²) in [7, 11) is 0. The van der Waals surface area contributed by atoms with E-state index in [0.29, 0.717) is 13.0 Å². The first-order valence-corrected chi connectivity index (χ1v) is 8.38. The maximum absolute atomic E-state index is 9.81. The lowest BCUT2D eigenvalue weighted by Gasteiger charge is -2.66. The second-order valence-corrected chi connectivity index (χ2v) is 7.84. The fraction of sp³-hybridized carbons (Fsp3) is 0.778.